The minimum Gasteiger partial charge on any atom is -0.475 e. The van der Waals surface area contributed by atoms with Crippen molar-refractivity contribution in [2.45, 2.75) is 57.0 Å². The van der Waals surface area contributed by atoms with E-state index in [1.54, 1.807) is 0 Å². The summed E-state index contributed by atoms with van der Waals surface area (Å²) in [5, 5.41) is 16.7. The Morgan fingerprint density at radius 1 is 1.06 bits per heavy atom. The third-order valence-electron chi connectivity index (χ3n) is 5.75. The number of alkyl halides is 6. The van der Waals surface area contributed by atoms with Gasteiger partial charge in [-0.05, 0) is 48.9 Å². The Morgan fingerprint density at radius 2 is 1.69 bits per heavy atom. The van der Waals surface area contributed by atoms with Crippen molar-refractivity contribution in [2.75, 3.05) is 18.4 Å². The van der Waals surface area contributed by atoms with Crippen LogP contribution in [-0.4, -0.2) is 68.4 Å². The number of carbonyl (C=O) groups excluding carboxylic acids is 1. The second-order valence-corrected chi connectivity index (χ2v) is 8.28. The first-order valence-corrected chi connectivity index (χ1v) is 10.8. The van der Waals surface area contributed by atoms with Crippen LogP contribution < -0.4 is 5.32 Å². The van der Waals surface area contributed by atoms with Gasteiger partial charge in [0.2, 0.25) is 0 Å². The first-order chi connectivity index (χ1) is 16.3. The van der Waals surface area contributed by atoms with Gasteiger partial charge >= 0.3 is 18.3 Å². The lowest BCUT2D eigenvalue weighted by atomic mass is 9.91. The fourth-order valence-electron chi connectivity index (χ4n) is 3.80. The lowest BCUT2D eigenvalue weighted by Crippen LogP contribution is -2.41. The summed E-state index contributed by atoms with van der Waals surface area (Å²) in [6, 6.07) is 6.52. The summed E-state index contributed by atoms with van der Waals surface area (Å²) < 4.78 is 69.6. The van der Waals surface area contributed by atoms with Gasteiger partial charge in [0.1, 0.15) is 6.54 Å². The van der Waals surface area contributed by atoms with E-state index in [1.165, 1.54) is 30.4 Å². The van der Waals surface area contributed by atoms with Crippen LogP contribution in [0.2, 0.25) is 0 Å². The topological polar surface area (TPSA) is 100 Å². The monoisotopic (exact) mass is 507 g/mol. The Balaban J connectivity index is 0.000000429. The molecular weight excluding hydrogens is 484 g/mol. The number of hydrogen-bond acceptors (Lipinski definition) is 5. The molecule has 0 radical (unpaired) electrons. The van der Waals surface area contributed by atoms with Gasteiger partial charge in [-0.25, -0.2) is 9.48 Å². The van der Waals surface area contributed by atoms with Crippen LogP contribution in [-0.2, 0) is 24.2 Å². The molecule has 0 saturated heterocycles. The number of nitrogens with one attached hydrogen (secondary N) is 1. The quantitative estimate of drug-likeness (QED) is 0.613. The summed E-state index contributed by atoms with van der Waals surface area (Å²) in [7, 11) is 0. The van der Waals surface area contributed by atoms with Gasteiger partial charge in [-0.2, -0.15) is 26.3 Å². The zero-order valence-corrected chi connectivity index (χ0v) is 18.4. The Labute approximate surface area is 195 Å². The minimum atomic E-state index is -5.08. The third-order valence-corrected chi connectivity index (χ3v) is 5.75. The van der Waals surface area contributed by atoms with Gasteiger partial charge in [-0.1, -0.05) is 17.7 Å². The number of nitrogens with zero attached hydrogens (tertiary/aromatic N) is 4. The molecule has 2 aliphatic rings. The van der Waals surface area contributed by atoms with E-state index in [-0.39, 0.29) is 5.69 Å². The fraction of sp³-hybridized carbons (Fsp3) is 0.524. The maximum absolute atomic E-state index is 12.4. The lowest BCUT2D eigenvalue weighted by Gasteiger charge is -2.36. The number of fused-ring (bicyclic) bond motifs is 1. The van der Waals surface area contributed by atoms with Gasteiger partial charge < -0.3 is 10.4 Å². The van der Waals surface area contributed by atoms with Crippen molar-refractivity contribution >= 4 is 17.6 Å². The van der Waals surface area contributed by atoms with Crippen LogP contribution >= 0.6 is 0 Å². The van der Waals surface area contributed by atoms with Crippen molar-refractivity contribution in [1.82, 2.24) is 19.9 Å². The van der Waals surface area contributed by atoms with Crippen LogP contribution in [0.25, 0.3) is 0 Å². The Kier molecular flexibility index (Phi) is 8.03. The summed E-state index contributed by atoms with van der Waals surface area (Å²) in [5.41, 5.74) is 2.97. The second kappa shape index (κ2) is 10.6. The number of halogens is 6. The summed E-state index contributed by atoms with van der Waals surface area (Å²) in [6.45, 7) is 0.802. The molecule has 0 bridgehead atoms. The van der Waals surface area contributed by atoms with Gasteiger partial charge in [-0.15, -0.1) is 5.10 Å². The number of carbonyl (C=O) groups is 2. The van der Waals surface area contributed by atoms with E-state index in [2.05, 4.69) is 20.5 Å². The predicted octanol–water partition coefficient (Wildman–Crippen LogP) is 3.68. The van der Waals surface area contributed by atoms with E-state index in [0.717, 1.165) is 32.1 Å². The van der Waals surface area contributed by atoms with Crippen LogP contribution in [0, 0.1) is 0 Å². The fourth-order valence-corrected chi connectivity index (χ4v) is 3.80. The van der Waals surface area contributed by atoms with Crippen LogP contribution in [0.15, 0.2) is 24.4 Å². The lowest BCUT2D eigenvalue weighted by molar-refractivity contribution is -0.192. The molecule has 1 aliphatic carbocycles. The average Bonchev–Trinajstić information content (AvgIpc) is 3.06. The van der Waals surface area contributed by atoms with Crippen molar-refractivity contribution in [2.24, 2.45) is 0 Å². The standard InChI is InChI=1S/C19H22F3N5O.C2HF3O2/c20-19(21,22)12-27-11-17(24-25-27)18(28)23-15-5-4-13-6-8-26(16-2-1-3-16)9-7-14(13)10-15;3-2(4,5)1(6)7/h4-5,10-11,16H,1-3,6-9,12H2,(H,23,28);(H,6,7). The molecule has 2 heterocycles. The molecule has 14 heteroatoms. The molecule has 1 aromatic carbocycles. The highest BCUT2D eigenvalue weighted by molar-refractivity contribution is 6.02. The van der Waals surface area contributed by atoms with E-state index >= 15 is 0 Å². The molecule has 2 N–H and O–H groups in total. The van der Waals surface area contributed by atoms with Crippen molar-refractivity contribution < 1.29 is 41.0 Å². The van der Waals surface area contributed by atoms with Crippen molar-refractivity contribution in [3.05, 3.63) is 41.2 Å². The highest BCUT2D eigenvalue weighted by atomic mass is 19.4. The van der Waals surface area contributed by atoms with E-state index in [4.69, 9.17) is 9.90 Å². The number of amides is 1. The molecule has 4 rings (SSSR count). The van der Waals surface area contributed by atoms with Crippen molar-refractivity contribution in [3.63, 3.8) is 0 Å². The molecule has 192 valence electrons. The van der Waals surface area contributed by atoms with Gasteiger partial charge in [-0.3, -0.25) is 9.69 Å². The molecule has 8 nitrogen and oxygen atoms in total. The molecule has 0 unspecified atom stereocenters. The average molecular weight is 507 g/mol. The number of hydrogen-bond donors (Lipinski definition) is 2. The first kappa shape index (κ1) is 26.4. The maximum atomic E-state index is 12.4. The zero-order valence-electron chi connectivity index (χ0n) is 18.4. The Morgan fingerprint density at radius 3 is 2.23 bits per heavy atom. The molecule has 35 heavy (non-hydrogen) atoms. The summed E-state index contributed by atoms with van der Waals surface area (Å²) in [5.74, 6) is -3.33. The predicted molar refractivity (Wildman–Crippen MR) is 111 cm³/mol. The number of rotatable bonds is 4. The number of aliphatic carboxylic acids is 1. The SMILES string of the molecule is O=C(Nc1ccc2c(c1)CCN(C1CCC1)CC2)c1cn(CC(F)(F)F)nn1.O=C(O)C(F)(F)F. The van der Waals surface area contributed by atoms with Crippen LogP contribution in [0.1, 0.15) is 40.9 Å². The van der Waals surface area contributed by atoms with Gasteiger partial charge in [0.05, 0.1) is 6.20 Å². The van der Waals surface area contributed by atoms with E-state index < -0.39 is 30.8 Å². The molecule has 1 amide bonds. The number of anilines is 1. The van der Waals surface area contributed by atoms with E-state index in [0.29, 0.717) is 16.4 Å². The summed E-state index contributed by atoms with van der Waals surface area (Å²) >= 11 is 0. The molecule has 1 saturated carbocycles. The van der Waals surface area contributed by atoms with Crippen LogP contribution in [0.4, 0.5) is 32.0 Å². The Hall–Kier alpha value is -3.16. The second-order valence-electron chi connectivity index (χ2n) is 8.28. The maximum Gasteiger partial charge on any atom is 0.490 e. The zero-order chi connectivity index (χ0) is 25.8. The molecule has 1 aromatic heterocycles. The van der Waals surface area contributed by atoms with Crippen molar-refractivity contribution in [3.8, 4) is 0 Å². The molecule has 0 atom stereocenters. The molecule has 1 fully saturated rings. The number of carboxylic acids is 1. The highest BCUT2D eigenvalue weighted by Crippen LogP contribution is 2.28. The Bertz CT molecular complexity index is 1050. The van der Waals surface area contributed by atoms with E-state index in [9.17, 15) is 31.1 Å². The molecule has 1 aliphatic heterocycles. The van der Waals surface area contributed by atoms with Gasteiger partial charge in [0.25, 0.3) is 5.91 Å². The summed E-state index contributed by atoms with van der Waals surface area (Å²) in [4.78, 5) is 23.8. The largest absolute Gasteiger partial charge is 0.490 e. The van der Waals surface area contributed by atoms with Gasteiger partial charge in [0, 0.05) is 24.8 Å². The summed E-state index contributed by atoms with van der Waals surface area (Å²) in [6.07, 6.45) is -2.69. The number of carboxylic acid groups (broad SMARTS) is 1. The first-order valence-electron chi connectivity index (χ1n) is 10.8. The highest BCUT2D eigenvalue weighted by Gasteiger charge is 2.38. The van der Waals surface area contributed by atoms with Crippen LogP contribution in [0.5, 0.6) is 0 Å². The number of benzene rings is 1. The van der Waals surface area contributed by atoms with Crippen LogP contribution in [0.3, 0.4) is 0 Å². The normalized spacial score (nSPS) is 16.9. The molecular formula is C21H23F6N5O3. The molecule has 2 aromatic rings. The minimum absolute atomic E-state index is 0.143. The number of aromatic nitrogens is 3. The van der Waals surface area contributed by atoms with Crippen molar-refractivity contribution in [1.29, 1.82) is 0 Å². The van der Waals surface area contributed by atoms with Gasteiger partial charge in [0.15, 0.2) is 5.69 Å². The van der Waals surface area contributed by atoms with E-state index in [1.807, 2.05) is 18.2 Å². The smallest absolute Gasteiger partial charge is 0.475 e. The molecule has 0 spiro atoms. The third kappa shape index (κ3) is 7.67.